The Bertz CT molecular complexity index is 956. The molecule has 1 fully saturated rings. The summed E-state index contributed by atoms with van der Waals surface area (Å²) in [6, 6.07) is 11.8. The molecule has 1 aliphatic heterocycles. The molecule has 2 heterocycles. The third kappa shape index (κ3) is 3.10. The molecule has 2 aromatic carbocycles. The van der Waals surface area contributed by atoms with Crippen LogP contribution in [0.1, 0.15) is 0 Å². The number of ether oxygens (including phenoxy) is 2. The van der Waals surface area contributed by atoms with E-state index < -0.39 is 0 Å². The predicted octanol–water partition coefficient (Wildman–Crippen LogP) is 2.31. The maximum Gasteiger partial charge on any atom is 0.227 e. The molecule has 4 rings (SSSR count). The van der Waals surface area contributed by atoms with Crippen molar-refractivity contribution in [2.45, 2.75) is 0 Å². The highest BCUT2D eigenvalue weighted by molar-refractivity contribution is 6.05. The highest BCUT2D eigenvalue weighted by Crippen LogP contribution is 2.45. The van der Waals surface area contributed by atoms with E-state index in [1.165, 1.54) is 0 Å². The third-order valence-electron chi connectivity index (χ3n) is 4.81. The van der Waals surface area contributed by atoms with Crippen LogP contribution in [-0.4, -0.2) is 50.4 Å². The topological polar surface area (TPSA) is 85.5 Å². The van der Waals surface area contributed by atoms with Crippen molar-refractivity contribution in [2.24, 2.45) is 0 Å². The Hall–Kier alpha value is -3.06. The summed E-state index contributed by atoms with van der Waals surface area (Å²) in [4.78, 5) is 11.6. The lowest BCUT2D eigenvalue weighted by molar-refractivity contribution is 0.357. The number of nitrogen functional groups attached to an aromatic ring is 1. The van der Waals surface area contributed by atoms with Crippen molar-refractivity contribution in [1.82, 2.24) is 15.3 Å². The molecule has 0 spiro atoms. The average molecular weight is 365 g/mol. The number of methoxy groups -OCH3 is 2. The van der Waals surface area contributed by atoms with E-state index in [4.69, 9.17) is 20.2 Å². The van der Waals surface area contributed by atoms with Gasteiger partial charge in [0.2, 0.25) is 5.95 Å². The molecule has 1 aromatic heterocycles. The third-order valence-corrected chi connectivity index (χ3v) is 4.81. The zero-order valence-corrected chi connectivity index (χ0v) is 15.5. The van der Waals surface area contributed by atoms with Crippen LogP contribution < -0.4 is 25.4 Å². The van der Waals surface area contributed by atoms with E-state index in [-0.39, 0.29) is 0 Å². The van der Waals surface area contributed by atoms with Gasteiger partial charge in [0.05, 0.1) is 25.1 Å². The van der Waals surface area contributed by atoms with Crippen LogP contribution in [0.2, 0.25) is 0 Å². The number of rotatable bonds is 4. The molecule has 0 bridgehead atoms. The summed E-state index contributed by atoms with van der Waals surface area (Å²) in [6.07, 6.45) is 0. The Balaban J connectivity index is 1.99. The van der Waals surface area contributed by atoms with Crippen LogP contribution in [0.25, 0.3) is 22.0 Å². The van der Waals surface area contributed by atoms with E-state index in [9.17, 15) is 0 Å². The van der Waals surface area contributed by atoms with Gasteiger partial charge in [0.15, 0.2) is 11.5 Å². The van der Waals surface area contributed by atoms with Gasteiger partial charge in [0.25, 0.3) is 0 Å². The summed E-state index contributed by atoms with van der Waals surface area (Å²) in [5.41, 5.74) is 8.99. The first kappa shape index (κ1) is 17.4. The van der Waals surface area contributed by atoms with Crippen LogP contribution in [0.5, 0.6) is 11.5 Å². The van der Waals surface area contributed by atoms with E-state index in [0.29, 0.717) is 23.3 Å². The molecule has 1 aliphatic rings. The lowest BCUT2D eigenvalue weighted by Crippen LogP contribution is -2.44. The summed E-state index contributed by atoms with van der Waals surface area (Å²) in [5, 5.41) is 4.11. The summed E-state index contributed by atoms with van der Waals surface area (Å²) in [5.74, 6) is 2.33. The Morgan fingerprint density at radius 3 is 2.44 bits per heavy atom. The van der Waals surface area contributed by atoms with Crippen molar-refractivity contribution in [3.8, 4) is 22.6 Å². The first-order chi connectivity index (χ1) is 13.2. The van der Waals surface area contributed by atoms with E-state index >= 15 is 0 Å². The van der Waals surface area contributed by atoms with Gasteiger partial charge in [-0.05, 0) is 5.56 Å². The molecule has 0 aliphatic carbocycles. The molecule has 7 heteroatoms. The molecule has 1 saturated heterocycles. The maximum atomic E-state index is 6.43. The molecule has 0 radical (unpaired) electrons. The Morgan fingerprint density at radius 2 is 1.78 bits per heavy atom. The maximum absolute atomic E-state index is 6.43. The largest absolute Gasteiger partial charge is 0.493 e. The number of hydrogen-bond acceptors (Lipinski definition) is 7. The van der Waals surface area contributed by atoms with Crippen molar-refractivity contribution in [2.75, 3.05) is 51.0 Å². The van der Waals surface area contributed by atoms with Gasteiger partial charge in [-0.3, -0.25) is 0 Å². The second-order valence-corrected chi connectivity index (χ2v) is 6.39. The van der Waals surface area contributed by atoms with Crippen molar-refractivity contribution in [1.29, 1.82) is 0 Å². The normalized spacial score (nSPS) is 14.4. The Morgan fingerprint density at radius 1 is 1.04 bits per heavy atom. The molecule has 0 saturated carbocycles. The standard InChI is InChI=1S/C20H23N5O2/c1-26-15-12-14-17(16(18(15)27-2)13-6-4-3-5-7-13)19(21)24-20(23-14)25-10-8-22-9-11-25/h3-7,12,22H,8-11H2,1-2H3,(H2,21,23,24). The lowest BCUT2D eigenvalue weighted by atomic mass is 9.99. The number of nitrogens with one attached hydrogen (secondary N) is 1. The first-order valence-corrected chi connectivity index (χ1v) is 8.96. The number of fused-ring (bicyclic) bond motifs is 1. The van der Waals surface area contributed by atoms with Crippen LogP contribution in [0.15, 0.2) is 36.4 Å². The zero-order valence-electron chi connectivity index (χ0n) is 15.5. The van der Waals surface area contributed by atoms with Gasteiger partial charge in [-0.1, -0.05) is 30.3 Å². The van der Waals surface area contributed by atoms with Gasteiger partial charge in [0.1, 0.15) is 5.82 Å². The molecule has 7 nitrogen and oxygen atoms in total. The van der Waals surface area contributed by atoms with Crippen molar-refractivity contribution >= 4 is 22.7 Å². The van der Waals surface area contributed by atoms with Gasteiger partial charge in [-0.15, -0.1) is 0 Å². The van der Waals surface area contributed by atoms with Crippen molar-refractivity contribution in [3.63, 3.8) is 0 Å². The van der Waals surface area contributed by atoms with E-state index in [2.05, 4.69) is 15.2 Å². The van der Waals surface area contributed by atoms with Crippen molar-refractivity contribution < 1.29 is 9.47 Å². The monoisotopic (exact) mass is 365 g/mol. The second kappa shape index (κ2) is 7.28. The second-order valence-electron chi connectivity index (χ2n) is 6.39. The van der Waals surface area contributed by atoms with Gasteiger partial charge in [0, 0.05) is 37.8 Å². The van der Waals surface area contributed by atoms with Crippen LogP contribution in [-0.2, 0) is 0 Å². The predicted molar refractivity (Wildman–Crippen MR) is 108 cm³/mol. The molecule has 0 atom stereocenters. The number of aromatic nitrogens is 2. The molecule has 3 N–H and O–H groups in total. The molecule has 0 amide bonds. The zero-order chi connectivity index (χ0) is 18.8. The van der Waals surface area contributed by atoms with Crippen LogP contribution in [0.4, 0.5) is 11.8 Å². The highest BCUT2D eigenvalue weighted by Gasteiger charge is 2.22. The SMILES string of the molecule is COc1cc2nc(N3CCNCC3)nc(N)c2c(-c2ccccc2)c1OC. The summed E-state index contributed by atoms with van der Waals surface area (Å²) in [7, 11) is 3.25. The number of piperazine rings is 1. The number of nitrogens with zero attached hydrogens (tertiary/aromatic N) is 3. The van der Waals surface area contributed by atoms with Crippen LogP contribution >= 0.6 is 0 Å². The Kier molecular flexibility index (Phi) is 4.68. The first-order valence-electron chi connectivity index (χ1n) is 8.96. The molecule has 27 heavy (non-hydrogen) atoms. The quantitative estimate of drug-likeness (QED) is 0.734. The summed E-state index contributed by atoms with van der Waals surface area (Å²) in [6.45, 7) is 3.51. The molecule has 0 unspecified atom stereocenters. The number of nitrogens with two attached hydrogens (primary N) is 1. The Labute approximate surface area is 158 Å². The summed E-state index contributed by atoms with van der Waals surface area (Å²) >= 11 is 0. The molecular formula is C20H23N5O2. The fourth-order valence-corrected chi connectivity index (χ4v) is 3.51. The van der Waals surface area contributed by atoms with Gasteiger partial charge in [-0.25, -0.2) is 4.98 Å². The van der Waals surface area contributed by atoms with E-state index in [1.807, 2.05) is 36.4 Å². The minimum absolute atomic E-state index is 0.438. The van der Waals surface area contributed by atoms with Gasteiger partial charge in [-0.2, -0.15) is 4.98 Å². The van der Waals surface area contributed by atoms with Gasteiger partial charge >= 0.3 is 0 Å². The van der Waals surface area contributed by atoms with Crippen molar-refractivity contribution in [3.05, 3.63) is 36.4 Å². The van der Waals surface area contributed by atoms with E-state index in [0.717, 1.165) is 48.2 Å². The fraction of sp³-hybridized carbons (Fsp3) is 0.300. The molecule has 3 aromatic rings. The summed E-state index contributed by atoms with van der Waals surface area (Å²) < 4.78 is 11.3. The van der Waals surface area contributed by atoms with Crippen LogP contribution in [0.3, 0.4) is 0 Å². The minimum Gasteiger partial charge on any atom is -0.493 e. The molecular weight excluding hydrogens is 342 g/mol. The fourth-order valence-electron chi connectivity index (χ4n) is 3.51. The van der Waals surface area contributed by atoms with Crippen LogP contribution in [0, 0.1) is 0 Å². The number of anilines is 2. The van der Waals surface area contributed by atoms with Gasteiger partial charge < -0.3 is 25.4 Å². The smallest absolute Gasteiger partial charge is 0.227 e. The van der Waals surface area contributed by atoms with E-state index in [1.54, 1.807) is 14.2 Å². The minimum atomic E-state index is 0.438. The number of benzene rings is 2. The lowest BCUT2D eigenvalue weighted by Gasteiger charge is -2.28. The highest BCUT2D eigenvalue weighted by atomic mass is 16.5. The molecule has 140 valence electrons. The number of hydrogen-bond donors (Lipinski definition) is 2. The average Bonchev–Trinajstić information content (AvgIpc) is 2.73.